The molecule has 2 fully saturated rings. The molecule has 0 bridgehead atoms. The minimum atomic E-state index is -0.995. The smallest absolute Gasteiger partial charge is 0.306 e. The maximum atomic E-state index is 14.1. The second-order valence-corrected chi connectivity index (χ2v) is 14.1. The average molecular weight is 519 g/mol. The topological polar surface area (TPSA) is 132 Å². The van der Waals surface area contributed by atoms with Crippen LogP contribution in [0.2, 0.25) is 0 Å². The highest BCUT2D eigenvalue weighted by atomic mass is 16.4. The lowest BCUT2D eigenvalue weighted by Crippen LogP contribution is -2.61. The van der Waals surface area contributed by atoms with Gasteiger partial charge < -0.3 is 20.4 Å². The molecule has 0 heterocycles. The summed E-state index contributed by atoms with van der Waals surface area (Å²) in [7, 11) is 0. The number of carbonyl (C=O) groups excluding carboxylic acids is 2. The molecule has 10 atom stereocenters. The number of carbonyl (C=O) groups is 3. The largest absolute Gasteiger partial charge is 0.481 e. The van der Waals surface area contributed by atoms with Gasteiger partial charge in [-0.15, -0.1) is 0 Å². The monoisotopic (exact) mass is 518 g/mol. The number of Topliss-reactive ketones (excluding diaryl/α,β-unsaturated/α-hetero) is 2. The Hall–Kier alpha value is -1.57. The molecule has 0 spiro atoms. The Kier molecular flexibility index (Phi) is 6.91. The first-order chi connectivity index (χ1) is 16.9. The summed E-state index contributed by atoms with van der Waals surface area (Å²) in [4.78, 5) is 38.0. The van der Waals surface area contributed by atoms with Gasteiger partial charge in [0.2, 0.25) is 0 Å². The van der Waals surface area contributed by atoms with Gasteiger partial charge in [-0.3, -0.25) is 14.4 Å². The van der Waals surface area contributed by atoms with Gasteiger partial charge >= 0.3 is 5.97 Å². The fourth-order valence-electron chi connectivity index (χ4n) is 9.39. The van der Waals surface area contributed by atoms with E-state index in [1.807, 2.05) is 34.6 Å². The van der Waals surface area contributed by atoms with Crippen LogP contribution in [-0.4, -0.2) is 56.3 Å². The van der Waals surface area contributed by atoms with Gasteiger partial charge in [-0.05, 0) is 65.3 Å². The quantitative estimate of drug-likeness (QED) is 0.419. The zero-order valence-corrected chi connectivity index (χ0v) is 23.5. The summed E-state index contributed by atoms with van der Waals surface area (Å²) in [5.74, 6) is -2.17. The van der Waals surface area contributed by atoms with E-state index in [0.29, 0.717) is 36.8 Å². The van der Waals surface area contributed by atoms with Crippen molar-refractivity contribution in [3.63, 3.8) is 0 Å². The third-order valence-corrected chi connectivity index (χ3v) is 11.8. The molecule has 0 aromatic carbocycles. The summed E-state index contributed by atoms with van der Waals surface area (Å²) in [5, 5.41) is 43.3. The van der Waals surface area contributed by atoms with Crippen LogP contribution in [0.25, 0.3) is 0 Å². The zero-order chi connectivity index (χ0) is 27.9. The third-order valence-electron chi connectivity index (χ3n) is 11.8. The van der Waals surface area contributed by atoms with Crippen LogP contribution in [0.5, 0.6) is 0 Å². The van der Waals surface area contributed by atoms with Gasteiger partial charge in [0.15, 0.2) is 5.78 Å². The van der Waals surface area contributed by atoms with Crippen molar-refractivity contribution in [2.24, 2.45) is 45.3 Å². The van der Waals surface area contributed by atoms with Crippen molar-refractivity contribution < 1.29 is 34.8 Å². The fourth-order valence-corrected chi connectivity index (χ4v) is 9.39. The van der Waals surface area contributed by atoms with E-state index < -0.39 is 51.9 Å². The van der Waals surface area contributed by atoms with E-state index >= 15 is 0 Å². The van der Waals surface area contributed by atoms with Crippen molar-refractivity contribution in [2.45, 2.75) is 112 Å². The molecule has 0 aromatic heterocycles. The van der Waals surface area contributed by atoms with Crippen LogP contribution in [0, 0.1) is 45.3 Å². The summed E-state index contributed by atoms with van der Waals surface area (Å²) in [5.41, 5.74) is -1.03. The molecule has 37 heavy (non-hydrogen) atoms. The predicted molar refractivity (Wildman–Crippen MR) is 138 cm³/mol. The summed E-state index contributed by atoms with van der Waals surface area (Å²) >= 11 is 0. The van der Waals surface area contributed by atoms with Crippen LogP contribution < -0.4 is 0 Å². The van der Waals surface area contributed by atoms with Gasteiger partial charge in [-0.1, -0.05) is 48.5 Å². The first-order valence-electron chi connectivity index (χ1n) is 14.0. The van der Waals surface area contributed by atoms with Crippen molar-refractivity contribution in [1.82, 2.24) is 0 Å². The molecule has 0 amide bonds. The number of ketones is 2. The van der Waals surface area contributed by atoms with Crippen molar-refractivity contribution in [2.75, 3.05) is 0 Å². The van der Waals surface area contributed by atoms with E-state index in [1.54, 1.807) is 0 Å². The zero-order valence-electron chi connectivity index (χ0n) is 23.5. The lowest BCUT2D eigenvalue weighted by atomic mass is 9.42. The van der Waals surface area contributed by atoms with E-state index in [2.05, 4.69) is 6.92 Å². The Morgan fingerprint density at radius 1 is 0.973 bits per heavy atom. The molecule has 2 saturated carbocycles. The molecule has 0 aliphatic heterocycles. The number of aliphatic carboxylic acids is 1. The second-order valence-electron chi connectivity index (χ2n) is 14.1. The number of hydrogen-bond acceptors (Lipinski definition) is 6. The predicted octanol–water partition coefficient (Wildman–Crippen LogP) is 3.92. The highest BCUT2D eigenvalue weighted by Gasteiger charge is 2.70. The molecule has 7 nitrogen and oxygen atoms in total. The number of carboxylic acids is 1. The van der Waals surface area contributed by atoms with Crippen LogP contribution in [0.3, 0.4) is 0 Å². The van der Waals surface area contributed by atoms with Crippen LogP contribution in [-0.2, 0) is 14.4 Å². The molecule has 4 aliphatic rings. The number of aliphatic hydroxyl groups excluding tert-OH is 3. The molecule has 4 N–H and O–H groups in total. The maximum Gasteiger partial charge on any atom is 0.306 e. The Balaban J connectivity index is 1.74. The van der Waals surface area contributed by atoms with Crippen molar-refractivity contribution >= 4 is 17.5 Å². The number of aliphatic hydroxyl groups is 3. The summed E-state index contributed by atoms with van der Waals surface area (Å²) in [6.45, 7) is 13.7. The molecule has 0 unspecified atom stereocenters. The molecule has 4 rings (SSSR count). The van der Waals surface area contributed by atoms with E-state index in [1.165, 1.54) is 6.92 Å². The summed E-state index contributed by atoms with van der Waals surface area (Å²) in [6.07, 6.45) is 0.391. The first-order valence-corrected chi connectivity index (χ1v) is 14.0. The lowest BCUT2D eigenvalue weighted by molar-refractivity contribution is -0.143. The van der Waals surface area contributed by atoms with Crippen molar-refractivity contribution in [3.05, 3.63) is 11.1 Å². The summed E-state index contributed by atoms with van der Waals surface area (Å²) < 4.78 is 0. The van der Waals surface area contributed by atoms with Crippen LogP contribution in [0.15, 0.2) is 11.1 Å². The standard InChI is InChI=1S/C30H46O7/c1-15(10-17(31)11-16(2)26(36)37)18-12-23(35)30(7)25-19(32)13-21-27(3,4)22(34)8-9-28(21,5)24(25)20(33)14-29(18,30)6/h15-16,18-19,21-23,32,34-35H,8-14H2,1-7H3,(H,36,37)/t15-,16+,18-,19+,21+,22+,23+,28+,29-,30+/m1/s1. The Labute approximate surface area is 220 Å². The Morgan fingerprint density at radius 3 is 2.19 bits per heavy atom. The molecule has 208 valence electrons. The molecule has 4 aliphatic carbocycles. The highest BCUT2D eigenvalue weighted by Crippen LogP contribution is 2.71. The normalized spacial score (nSPS) is 44.5. The first kappa shape index (κ1) is 28.4. The molecular weight excluding hydrogens is 472 g/mol. The van der Waals surface area contributed by atoms with Crippen LogP contribution >= 0.6 is 0 Å². The minimum Gasteiger partial charge on any atom is -0.481 e. The molecular formula is C30H46O7. The van der Waals surface area contributed by atoms with Gasteiger partial charge in [0.05, 0.1) is 24.2 Å². The molecule has 0 saturated heterocycles. The van der Waals surface area contributed by atoms with Crippen LogP contribution in [0.1, 0.15) is 93.4 Å². The van der Waals surface area contributed by atoms with Gasteiger partial charge in [0, 0.05) is 30.3 Å². The van der Waals surface area contributed by atoms with Crippen molar-refractivity contribution in [1.29, 1.82) is 0 Å². The Morgan fingerprint density at radius 2 is 1.59 bits per heavy atom. The van der Waals surface area contributed by atoms with Crippen molar-refractivity contribution in [3.8, 4) is 0 Å². The number of fused-ring (bicyclic) bond motifs is 4. The van der Waals surface area contributed by atoms with E-state index in [0.717, 1.165) is 0 Å². The Bertz CT molecular complexity index is 1030. The summed E-state index contributed by atoms with van der Waals surface area (Å²) in [6, 6.07) is 0. The van der Waals surface area contributed by atoms with Crippen LogP contribution in [0.4, 0.5) is 0 Å². The lowest BCUT2D eigenvalue weighted by Gasteiger charge is -2.62. The minimum absolute atomic E-state index is 0.0190. The van der Waals surface area contributed by atoms with E-state index in [4.69, 9.17) is 0 Å². The number of hydrogen-bond donors (Lipinski definition) is 4. The maximum absolute atomic E-state index is 14.1. The fraction of sp³-hybridized carbons (Fsp3) is 0.833. The van der Waals surface area contributed by atoms with E-state index in [-0.39, 0.29) is 48.6 Å². The van der Waals surface area contributed by atoms with E-state index in [9.17, 15) is 34.8 Å². The average Bonchev–Trinajstić information content (AvgIpc) is 2.99. The SMILES string of the molecule is C[C@H](CC(=O)C[C@H](C)C(=O)O)[C@H]1C[C@H](O)[C@@]2(C)C3=C(C(=O)C[C@]12C)[C@@]1(C)CC[C@H](O)C(C)(C)[C@@H]1C[C@@H]3O. The molecule has 0 radical (unpaired) electrons. The van der Waals surface area contributed by atoms with Gasteiger partial charge in [0.1, 0.15) is 5.78 Å². The van der Waals surface area contributed by atoms with Gasteiger partial charge in [-0.25, -0.2) is 0 Å². The molecule has 7 heteroatoms. The van der Waals surface area contributed by atoms with Gasteiger partial charge in [-0.2, -0.15) is 0 Å². The molecule has 0 aromatic rings. The highest BCUT2D eigenvalue weighted by molar-refractivity contribution is 6.00. The van der Waals surface area contributed by atoms with Gasteiger partial charge in [0.25, 0.3) is 0 Å². The number of carboxylic acid groups (broad SMARTS) is 1. The number of rotatable bonds is 6. The number of allylic oxidation sites excluding steroid dienone is 1. The second kappa shape index (κ2) is 8.99. The third kappa shape index (κ3) is 3.89.